The fourth-order valence-corrected chi connectivity index (χ4v) is 2.17. The molecule has 10 heteroatoms. The lowest BCUT2D eigenvalue weighted by Crippen LogP contribution is -2.36. The van der Waals surface area contributed by atoms with E-state index in [1.54, 1.807) is 26.3 Å². The smallest absolute Gasteiger partial charge is 0.422 e. The number of benzene rings is 1. The molecular formula is C18H22F3IN4O2. The molecule has 154 valence electrons. The molecule has 0 atom stereocenters. The summed E-state index contributed by atoms with van der Waals surface area (Å²) in [5.41, 5.74) is 1.52. The first-order valence-electron chi connectivity index (χ1n) is 8.12. The van der Waals surface area contributed by atoms with E-state index in [2.05, 4.69) is 20.6 Å². The molecule has 0 fully saturated rings. The van der Waals surface area contributed by atoms with Gasteiger partial charge in [-0.05, 0) is 23.8 Å². The molecule has 0 amide bonds. The van der Waals surface area contributed by atoms with Crippen LogP contribution in [0.1, 0.15) is 11.1 Å². The maximum Gasteiger partial charge on any atom is 0.422 e. The van der Waals surface area contributed by atoms with Gasteiger partial charge in [0.2, 0.25) is 5.88 Å². The Kier molecular flexibility index (Phi) is 9.83. The molecule has 2 N–H and O–H groups in total. The molecule has 1 aromatic carbocycles. The number of aromatic nitrogens is 1. The Labute approximate surface area is 178 Å². The molecule has 1 heterocycles. The molecule has 0 aliphatic heterocycles. The third-order valence-corrected chi connectivity index (χ3v) is 3.51. The first kappa shape index (κ1) is 23.8. The van der Waals surface area contributed by atoms with Gasteiger partial charge in [-0.2, -0.15) is 13.2 Å². The molecule has 28 heavy (non-hydrogen) atoms. The van der Waals surface area contributed by atoms with Crippen molar-refractivity contribution in [3.63, 3.8) is 0 Å². The van der Waals surface area contributed by atoms with Gasteiger partial charge in [0.25, 0.3) is 0 Å². The molecule has 0 saturated heterocycles. The first-order chi connectivity index (χ1) is 12.9. The molecule has 0 aliphatic carbocycles. The monoisotopic (exact) mass is 510 g/mol. The molecule has 0 bridgehead atoms. The Morgan fingerprint density at radius 3 is 2.39 bits per heavy atom. The average molecular weight is 510 g/mol. The maximum absolute atomic E-state index is 12.3. The summed E-state index contributed by atoms with van der Waals surface area (Å²) in [5.74, 6) is 1.20. The average Bonchev–Trinajstić information content (AvgIpc) is 2.67. The van der Waals surface area contributed by atoms with Gasteiger partial charge in [-0.3, -0.25) is 4.99 Å². The van der Waals surface area contributed by atoms with Crippen molar-refractivity contribution in [2.75, 3.05) is 20.8 Å². The maximum atomic E-state index is 12.3. The first-order valence-corrected chi connectivity index (χ1v) is 8.12. The van der Waals surface area contributed by atoms with Gasteiger partial charge >= 0.3 is 6.18 Å². The molecule has 0 radical (unpaired) electrons. The molecule has 0 saturated carbocycles. The molecule has 0 unspecified atom stereocenters. The number of rotatable bonds is 7. The second kappa shape index (κ2) is 11.6. The van der Waals surface area contributed by atoms with Gasteiger partial charge in [-0.15, -0.1) is 24.0 Å². The van der Waals surface area contributed by atoms with Crippen molar-refractivity contribution in [3.05, 3.63) is 53.7 Å². The van der Waals surface area contributed by atoms with Crippen molar-refractivity contribution >= 4 is 29.9 Å². The number of nitrogens with zero attached hydrogens (tertiary/aromatic N) is 2. The number of pyridine rings is 1. The number of aliphatic imine (C=N–C) groups is 1. The quantitative estimate of drug-likeness (QED) is 0.339. The fraction of sp³-hybridized carbons (Fsp3) is 0.333. The Balaban J connectivity index is 0.00000392. The van der Waals surface area contributed by atoms with Crippen LogP contribution in [0.2, 0.25) is 0 Å². The fourth-order valence-electron chi connectivity index (χ4n) is 2.17. The van der Waals surface area contributed by atoms with Gasteiger partial charge in [0.1, 0.15) is 5.75 Å². The molecular weight excluding hydrogens is 488 g/mol. The van der Waals surface area contributed by atoms with E-state index in [4.69, 9.17) is 9.47 Å². The topological polar surface area (TPSA) is 67.8 Å². The minimum Gasteiger partial charge on any atom is -0.497 e. The van der Waals surface area contributed by atoms with Crippen molar-refractivity contribution in [1.29, 1.82) is 0 Å². The van der Waals surface area contributed by atoms with Gasteiger partial charge in [-0.25, -0.2) is 4.98 Å². The lowest BCUT2D eigenvalue weighted by atomic mass is 10.2. The number of alkyl halides is 3. The van der Waals surface area contributed by atoms with Gasteiger partial charge in [0.05, 0.1) is 7.11 Å². The van der Waals surface area contributed by atoms with E-state index in [9.17, 15) is 13.2 Å². The van der Waals surface area contributed by atoms with Crippen molar-refractivity contribution < 1.29 is 22.6 Å². The molecule has 0 aliphatic rings. The standard InChI is InChI=1S/C18H21F3N4O2.HI/c1-22-17(24-10-13-5-7-15(26-2)8-6-13)25-11-14-4-3-9-23-16(14)27-12-18(19,20)21;/h3-9H,10-12H2,1-2H3,(H2,22,24,25);1H. The molecule has 0 spiro atoms. The number of ether oxygens (including phenoxy) is 2. The largest absolute Gasteiger partial charge is 0.497 e. The number of guanidine groups is 1. The lowest BCUT2D eigenvalue weighted by molar-refractivity contribution is -0.154. The molecule has 6 nitrogen and oxygen atoms in total. The van der Waals surface area contributed by atoms with Gasteiger partial charge < -0.3 is 20.1 Å². The second-order valence-electron chi connectivity index (χ2n) is 5.50. The van der Waals surface area contributed by atoms with E-state index in [0.717, 1.165) is 11.3 Å². The minimum atomic E-state index is -4.42. The van der Waals surface area contributed by atoms with Crippen LogP contribution < -0.4 is 20.1 Å². The third kappa shape index (κ3) is 8.19. The molecule has 2 aromatic rings. The highest BCUT2D eigenvalue weighted by atomic mass is 127. The summed E-state index contributed by atoms with van der Waals surface area (Å²) in [6.07, 6.45) is -3.04. The van der Waals surface area contributed by atoms with Crippen molar-refractivity contribution in [2.24, 2.45) is 4.99 Å². The number of methoxy groups -OCH3 is 1. The highest BCUT2D eigenvalue weighted by Crippen LogP contribution is 2.19. The number of hydrogen-bond acceptors (Lipinski definition) is 4. The van der Waals surface area contributed by atoms with Crippen molar-refractivity contribution in [2.45, 2.75) is 19.3 Å². The number of hydrogen-bond donors (Lipinski definition) is 2. The summed E-state index contributed by atoms with van der Waals surface area (Å²) in [7, 11) is 3.21. The summed E-state index contributed by atoms with van der Waals surface area (Å²) >= 11 is 0. The summed E-state index contributed by atoms with van der Waals surface area (Å²) in [6, 6.07) is 10.8. The van der Waals surface area contributed by atoms with E-state index in [0.29, 0.717) is 18.1 Å². The molecule has 1 aromatic heterocycles. The summed E-state index contributed by atoms with van der Waals surface area (Å²) < 4.78 is 46.9. The van der Waals surface area contributed by atoms with Crippen LogP contribution in [-0.4, -0.2) is 37.9 Å². The Bertz CT molecular complexity index is 755. The van der Waals surface area contributed by atoms with Crippen LogP contribution in [0.15, 0.2) is 47.6 Å². The minimum absolute atomic E-state index is 0. The summed E-state index contributed by atoms with van der Waals surface area (Å²) in [4.78, 5) is 7.96. The predicted octanol–water partition coefficient (Wildman–Crippen LogP) is 3.51. The van der Waals surface area contributed by atoms with Crippen LogP contribution in [-0.2, 0) is 13.1 Å². The Morgan fingerprint density at radius 2 is 1.79 bits per heavy atom. The van der Waals surface area contributed by atoms with E-state index >= 15 is 0 Å². The van der Waals surface area contributed by atoms with Gasteiger partial charge in [-0.1, -0.05) is 18.2 Å². The van der Waals surface area contributed by atoms with Crippen molar-refractivity contribution in [3.8, 4) is 11.6 Å². The normalized spacial score (nSPS) is 11.4. The van der Waals surface area contributed by atoms with Crippen LogP contribution >= 0.6 is 24.0 Å². The highest BCUT2D eigenvalue weighted by Gasteiger charge is 2.29. The number of halogens is 4. The number of nitrogens with one attached hydrogen (secondary N) is 2. The van der Waals surface area contributed by atoms with Gasteiger partial charge in [0, 0.05) is 31.9 Å². The zero-order valence-electron chi connectivity index (χ0n) is 15.4. The third-order valence-electron chi connectivity index (χ3n) is 3.51. The zero-order valence-corrected chi connectivity index (χ0v) is 17.7. The van der Waals surface area contributed by atoms with Crippen LogP contribution in [0.4, 0.5) is 13.2 Å². The second-order valence-corrected chi connectivity index (χ2v) is 5.50. The zero-order chi connectivity index (χ0) is 19.7. The van der Waals surface area contributed by atoms with E-state index in [-0.39, 0.29) is 36.4 Å². The van der Waals surface area contributed by atoms with E-state index in [1.165, 1.54) is 6.20 Å². The Hall–Kier alpha value is -2.24. The van der Waals surface area contributed by atoms with Crippen LogP contribution in [0.5, 0.6) is 11.6 Å². The van der Waals surface area contributed by atoms with Crippen LogP contribution in [0, 0.1) is 0 Å². The molecule has 2 rings (SSSR count). The van der Waals surface area contributed by atoms with Crippen LogP contribution in [0.25, 0.3) is 0 Å². The highest BCUT2D eigenvalue weighted by molar-refractivity contribution is 14.0. The van der Waals surface area contributed by atoms with Crippen molar-refractivity contribution in [1.82, 2.24) is 15.6 Å². The predicted molar refractivity (Wildman–Crippen MR) is 111 cm³/mol. The van der Waals surface area contributed by atoms with E-state index in [1.807, 2.05) is 24.3 Å². The van der Waals surface area contributed by atoms with E-state index < -0.39 is 12.8 Å². The SMILES string of the molecule is CN=C(NCc1ccc(OC)cc1)NCc1cccnc1OCC(F)(F)F.I. The van der Waals surface area contributed by atoms with Gasteiger partial charge in [0.15, 0.2) is 12.6 Å². The lowest BCUT2D eigenvalue weighted by Gasteiger charge is -2.15. The van der Waals surface area contributed by atoms with Crippen LogP contribution in [0.3, 0.4) is 0 Å². The summed E-state index contributed by atoms with van der Waals surface area (Å²) in [6.45, 7) is -0.654. The summed E-state index contributed by atoms with van der Waals surface area (Å²) in [5, 5.41) is 6.16. The Morgan fingerprint density at radius 1 is 1.11 bits per heavy atom.